The first-order chi connectivity index (χ1) is 4.77. The number of fused-ring (bicyclic) bond motifs is 2. The second-order valence-corrected chi connectivity index (χ2v) is 3.18. The first-order valence-corrected chi connectivity index (χ1v) is 3.70. The fourth-order valence-corrected chi connectivity index (χ4v) is 2.07. The summed E-state index contributed by atoms with van der Waals surface area (Å²) in [4.78, 5) is 10.4. The van der Waals surface area contributed by atoms with Crippen LogP contribution in [0.15, 0.2) is 11.6 Å². The number of carbonyl (C=O) groups is 1. The van der Waals surface area contributed by atoms with E-state index in [1.165, 1.54) is 6.42 Å². The Morgan fingerprint density at radius 3 is 2.55 bits per heavy atom. The second kappa shape index (κ2) is 3.30. The molecule has 2 unspecified atom stereocenters. The molecule has 2 atom stereocenters. The maximum Gasteiger partial charge on any atom is 1.00 e. The van der Waals surface area contributed by atoms with Gasteiger partial charge in [-0.15, -0.1) is 0 Å². The Morgan fingerprint density at radius 2 is 2.27 bits per heavy atom. The van der Waals surface area contributed by atoms with Gasteiger partial charge in [-0.05, 0) is 36.7 Å². The van der Waals surface area contributed by atoms with Crippen molar-refractivity contribution in [3.8, 4) is 0 Å². The van der Waals surface area contributed by atoms with Crippen molar-refractivity contribution in [3.05, 3.63) is 11.6 Å². The van der Waals surface area contributed by atoms with Crippen LogP contribution in [0.5, 0.6) is 0 Å². The summed E-state index contributed by atoms with van der Waals surface area (Å²) in [5.41, 5.74) is 0.566. The Hall–Kier alpha value is 0.210. The van der Waals surface area contributed by atoms with Crippen molar-refractivity contribution in [1.29, 1.82) is 0 Å². The Labute approximate surface area is 88.0 Å². The molecule has 0 aromatic heterocycles. The third kappa shape index (κ3) is 1.53. The van der Waals surface area contributed by atoms with Gasteiger partial charge in [0.2, 0.25) is 0 Å². The molecule has 0 aliphatic heterocycles. The molecule has 3 heteroatoms. The smallest absolute Gasteiger partial charge is 0.545 e. The number of hydrogen-bond acceptors (Lipinski definition) is 2. The number of hydrogen-bond donors (Lipinski definition) is 0. The molecule has 0 radical (unpaired) electrons. The molecule has 2 rings (SSSR count). The topological polar surface area (TPSA) is 40.1 Å². The number of allylic oxidation sites excluding steroid dienone is 1. The van der Waals surface area contributed by atoms with E-state index in [-0.39, 0.29) is 29.6 Å². The zero-order chi connectivity index (χ0) is 7.14. The summed E-state index contributed by atoms with van der Waals surface area (Å²) in [6.45, 7) is 0. The molecule has 0 spiro atoms. The van der Waals surface area contributed by atoms with E-state index in [2.05, 4.69) is 0 Å². The summed E-state index contributed by atoms with van der Waals surface area (Å²) in [5.74, 6) is -0.0694. The van der Waals surface area contributed by atoms with Crippen LogP contribution in [-0.4, -0.2) is 5.97 Å². The standard InChI is InChI=1S/C8H10O2.Na/c9-8(10)7-4-5-1-2-6(7)3-5;/h4-6H,1-3H2,(H,9,10);/q;+1/p-1. The molecular weight excluding hydrogens is 151 g/mol. The van der Waals surface area contributed by atoms with Crippen molar-refractivity contribution in [3.63, 3.8) is 0 Å². The number of carboxylic acid groups (broad SMARTS) is 1. The minimum atomic E-state index is -0.952. The van der Waals surface area contributed by atoms with E-state index in [4.69, 9.17) is 0 Å². The molecule has 1 fully saturated rings. The molecule has 2 bridgehead atoms. The van der Waals surface area contributed by atoms with Crippen LogP contribution in [0.4, 0.5) is 0 Å². The molecule has 2 nitrogen and oxygen atoms in total. The molecule has 1 saturated carbocycles. The third-order valence-corrected chi connectivity index (χ3v) is 2.56. The zero-order valence-electron chi connectivity index (χ0n) is 6.67. The van der Waals surface area contributed by atoms with Gasteiger partial charge in [0.1, 0.15) is 0 Å². The van der Waals surface area contributed by atoms with Crippen LogP contribution in [0.25, 0.3) is 0 Å². The van der Waals surface area contributed by atoms with Crippen molar-refractivity contribution in [1.82, 2.24) is 0 Å². The van der Waals surface area contributed by atoms with E-state index in [1.807, 2.05) is 6.08 Å². The average molecular weight is 160 g/mol. The normalized spacial score (nSPS) is 32.9. The van der Waals surface area contributed by atoms with Crippen molar-refractivity contribution in [2.45, 2.75) is 19.3 Å². The molecule has 0 N–H and O–H groups in total. The summed E-state index contributed by atoms with van der Waals surface area (Å²) in [6.07, 6.45) is 5.18. The SMILES string of the molecule is O=C([O-])C1=CC2CCC1C2.[Na+]. The van der Waals surface area contributed by atoms with Gasteiger partial charge in [0, 0.05) is 0 Å². The molecule has 0 aromatic carbocycles. The molecule has 0 saturated heterocycles. The molecular formula is C8H9NaO2. The summed E-state index contributed by atoms with van der Waals surface area (Å²) in [5, 5.41) is 10.4. The van der Waals surface area contributed by atoms with E-state index in [0.29, 0.717) is 17.4 Å². The van der Waals surface area contributed by atoms with Crippen LogP contribution in [0, 0.1) is 11.8 Å². The van der Waals surface area contributed by atoms with E-state index in [9.17, 15) is 9.90 Å². The van der Waals surface area contributed by atoms with Crippen molar-refractivity contribution in [2.75, 3.05) is 0 Å². The fourth-order valence-electron chi connectivity index (χ4n) is 2.07. The minimum Gasteiger partial charge on any atom is -0.545 e. The largest absolute Gasteiger partial charge is 1.00 e. The zero-order valence-corrected chi connectivity index (χ0v) is 8.67. The second-order valence-electron chi connectivity index (χ2n) is 3.18. The van der Waals surface area contributed by atoms with Crippen molar-refractivity contribution >= 4 is 5.97 Å². The predicted molar refractivity (Wildman–Crippen MR) is 33.9 cm³/mol. The Morgan fingerprint density at radius 1 is 1.55 bits per heavy atom. The van der Waals surface area contributed by atoms with E-state index < -0.39 is 5.97 Å². The van der Waals surface area contributed by atoms with Crippen molar-refractivity contribution < 1.29 is 39.5 Å². The molecule has 0 heterocycles. The monoisotopic (exact) mass is 160 g/mol. The number of carbonyl (C=O) groups excluding carboxylic acids is 1. The third-order valence-electron chi connectivity index (χ3n) is 2.56. The van der Waals surface area contributed by atoms with Gasteiger partial charge in [-0.1, -0.05) is 6.08 Å². The van der Waals surface area contributed by atoms with Gasteiger partial charge in [0.25, 0.3) is 0 Å². The summed E-state index contributed by atoms with van der Waals surface area (Å²) in [6, 6.07) is 0. The minimum absolute atomic E-state index is 0. The summed E-state index contributed by atoms with van der Waals surface area (Å²) in [7, 11) is 0. The summed E-state index contributed by atoms with van der Waals surface area (Å²) >= 11 is 0. The quantitative estimate of drug-likeness (QED) is 0.386. The van der Waals surface area contributed by atoms with Gasteiger partial charge < -0.3 is 9.90 Å². The van der Waals surface area contributed by atoms with Gasteiger partial charge in [-0.3, -0.25) is 0 Å². The molecule has 0 amide bonds. The first-order valence-electron chi connectivity index (χ1n) is 3.70. The van der Waals surface area contributed by atoms with Crippen LogP contribution in [0.2, 0.25) is 0 Å². The van der Waals surface area contributed by atoms with Crippen LogP contribution in [0.3, 0.4) is 0 Å². The van der Waals surface area contributed by atoms with Gasteiger partial charge >= 0.3 is 29.6 Å². The first kappa shape index (κ1) is 9.30. The van der Waals surface area contributed by atoms with Gasteiger partial charge in [-0.2, -0.15) is 0 Å². The Bertz CT molecular complexity index is 210. The predicted octanol–water partition coefficient (Wildman–Crippen LogP) is -2.90. The Balaban J connectivity index is 0.000000605. The van der Waals surface area contributed by atoms with E-state index in [1.54, 1.807) is 0 Å². The number of rotatable bonds is 1. The number of carboxylic acids is 1. The van der Waals surface area contributed by atoms with Crippen molar-refractivity contribution in [2.24, 2.45) is 11.8 Å². The molecule has 11 heavy (non-hydrogen) atoms. The fraction of sp³-hybridized carbons (Fsp3) is 0.625. The van der Waals surface area contributed by atoms with E-state index >= 15 is 0 Å². The average Bonchev–Trinajstić information content (AvgIpc) is 2.44. The van der Waals surface area contributed by atoms with Crippen LogP contribution < -0.4 is 34.7 Å². The van der Waals surface area contributed by atoms with Gasteiger partial charge in [0.15, 0.2) is 0 Å². The maximum absolute atomic E-state index is 10.4. The molecule has 2 aliphatic rings. The summed E-state index contributed by atoms with van der Waals surface area (Å²) < 4.78 is 0. The van der Waals surface area contributed by atoms with Crippen LogP contribution in [0.1, 0.15) is 19.3 Å². The molecule has 54 valence electrons. The van der Waals surface area contributed by atoms with Crippen LogP contribution >= 0.6 is 0 Å². The maximum atomic E-state index is 10.4. The van der Waals surface area contributed by atoms with E-state index in [0.717, 1.165) is 12.8 Å². The molecule has 0 aromatic rings. The van der Waals surface area contributed by atoms with Crippen LogP contribution in [-0.2, 0) is 4.79 Å². The van der Waals surface area contributed by atoms with Gasteiger partial charge in [0.05, 0.1) is 5.97 Å². The van der Waals surface area contributed by atoms with Gasteiger partial charge in [-0.25, -0.2) is 0 Å². The molecule has 2 aliphatic carbocycles. The number of aliphatic carboxylic acids is 1. The Kier molecular flexibility index (Phi) is 2.79.